The first kappa shape index (κ1) is 23.6. The molecule has 1 N–H and O–H groups in total. The van der Waals surface area contributed by atoms with Gasteiger partial charge in [-0.2, -0.15) is 0 Å². The summed E-state index contributed by atoms with van der Waals surface area (Å²) in [5.41, 5.74) is 0.788. The van der Waals surface area contributed by atoms with Crippen LogP contribution in [-0.2, 0) is 16.1 Å². The van der Waals surface area contributed by atoms with Crippen LogP contribution < -0.4 is 14.8 Å². The minimum absolute atomic E-state index is 0.0543. The first-order valence-corrected chi connectivity index (χ1v) is 11.6. The molecule has 0 fully saturated rings. The SMILES string of the molecule is COCCN1C(=O)c2oc3ccccc3c2OCC1(C)C(=O)NCc1cc2ncccc2cc1OC. The van der Waals surface area contributed by atoms with E-state index in [1.165, 1.54) is 4.90 Å². The molecule has 4 aromatic rings. The van der Waals surface area contributed by atoms with Gasteiger partial charge in [-0.3, -0.25) is 14.6 Å². The van der Waals surface area contributed by atoms with Crippen LogP contribution >= 0.6 is 0 Å². The van der Waals surface area contributed by atoms with Crippen molar-refractivity contribution in [2.75, 3.05) is 34.0 Å². The van der Waals surface area contributed by atoms with Crippen LogP contribution in [0.1, 0.15) is 23.0 Å². The fraction of sp³-hybridized carbons (Fsp3) is 0.296. The van der Waals surface area contributed by atoms with Crippen LogP contribution in [0.25, 0.3) is 21.9 Å². The first-order chi connectivity index (χ1) is 17.5. The summed E-state index contributed by atoms with van der Waals surface area (Å²) in [6.07, 6.45) is 1.72. The number of para-hydroxylation sites is 1. The van der Waals surface area contributed by atoms with E-state index in [1.54, 1.807) is 33.4 Å². The number of hydrogen-bond donors (Lipinski definition) is 1. The minimum Gasteiger partial charge on any atom is -0.496 e. The summed E-state index contributed by atoms with van der Waals surface area (Å²) in [5, 5.41) is 4.59. The van der Waals surface area contributed by atoms with Crippen molar-refractivity contribution in [2.45, 2.75) is 19.0 Å². The van der Waals surface area contributed by atoms with Crippen molar-refractivity contribution >= 4 is 33.7 Å². The van der Waals surface area contributed by atoms with E-state index in [2.05, 4.69) is 10.3 Å². The van der Waals surface area contributed by atoms with E-state index in [-0.39, 0.29) is 38.0 Å². The van der Waals surface area contributed by atoms with E-state index in [0.717, 1.165) is 16.5 Å². The van der Waals surface area contributed by atoms with E-state index >= 15 is 0 Å². The Morgan fingerprint density at radius 3 is 2.83 bits per heavy atom. The molecule has 3 heterocycles. The van der Waals surface area contributed by atoms with Gasteiger partial charge in [0.25, 0.3) is 5.91 Å². The third kappa shape index (κ3) is 4.01. The number of methoxy groups -OCH3 is 2. The number of nitrogens with one attached hydrogen (secondary N) is 1. The molecule has 0 saturated carbocycles. The molecular formula is C27H27N3O6. The molecule has 0 aliphatic carbocycles. The van der Waals surface area contributed by atoms with Crippen LogP contribution in [0.15, 0.2) is 59.1 Å². The largest absolute Gasteiger partial charge is 0.496 e. The van der Waals surface area contributed by atoms with Crippen molar-refractivity contribution in [3.05, 3.63) is 66.1 Å². The monoisotopic (exact) mass is 489 g/mol. The molecule has 1 unspecified atom stereocenters. The van der Waals surface area contributed by atoms with Crippen LogP contribution in [0.3, 0.4) is 0 Å². The van der Waals surface area contributed by atoms with Crippen molar-refractivity contribution in [3.63, 3.8) is 0 Å². The van der Waals surface area contributed by atoms with Gasteiger partial charge in [-0.15, -0.1) is 0 Å². The number of ether oxygens (including phenoxy) is 3. The number of carbonyl (C=O) groups is 2. The number of fused-ring (bicyclic) bond motifs is 4. The van der Waals surface area contributed by atoms with Crippen molar-refractivity contribution in [1.82, 2.24) is 15.2 Å². The lowest BCUT2D eigenvalue weighted by Gasteiger charge is -2.37. The van der Waals surface area contributed by atoms with Crippen LogP contribution in [0.4, 0.5) is 0 Å². The molecule has 1 aliphatic rings. The van der Waals surface area contributed by atoms with Crippen molar-refractivity contribution in [2.24, 2.45) is 0 Å². The molecule has 36 heavy (non-hydrogen) atoms. The summed E-state index contributed by atoms with van der Waals surface area (Å²) in [4.78, 5) is 33.1. The molecule has 2 aromatic heterocycles. The van der Waals surface area contributed by atoms with Gasteiger partial charge >= 0.3 is 0 Å². The standard InChI is InChI=1S/C27H27N3O6/c1-27(26(32)29-15-18-13-20-17(7-6-10-28-20)14-22(18)34-3)16-35-23-19-8-4-5-9-21(19)36-24(23)25(31)30(27)11-12-33-2/h4-10,13-14H,11-12,15-16H2,1-3H3,(H,29,32). The molecule has 0 saturated heterocycles. The summed E-state index contributed by atoms with van der Waals surface area (Å²) in [7, 11) is 3.13. The summed E-state index contributed by atoms with van der Waals surface area (Å²) in [5.74, 6) is 0.254. The highest BCUT2D eigenvalue weighted by molar-refractivity contribution is 6.04. The number of carbonyl (C=O) groups excluding carboxylic acids is 2. The van der Waals surface area contributed by atoms with E-state index in [4.69, 9.17) is 18.6 Å². The first-order valence-electron chi connectivity index (χ1n) is 11.6. The number of nitrogens with zero attached hydrogens (tertiary/aromatic N) is 2. The average molecular weight is 490 g/mol. The lowest BCUT2D eigenvalue weighted by Crippen LogP contribution is -2.61. The van der Waals surface area contributed by atoms with Gasteiger partial charge in [0, 0.05) is 37.3 Å². The second-order valence-corrected chi connectivity index (χ2v) is 8.81. The van der Waals surface area contributed by atoms with Gasteiger partial charge in [0.15, 0.2) is 11.3 Å². The molecular weight excluding hydrogens is 462 g/mol. The molecule has 5 rings (SSSR count). The Bertz CT molecular complexity index is 1450. The Morgan fingerprint density at radius 2 is 2.03 bits per heavy atom. The Labute approximate surface area is 207 Å². The van der Waals surface area contributed by atoms with Gasteiger partial charge in [0.05, 0.1) is 24.6 Å². The maximum atomic E-state index is 13.7. The predicted octanol–water partition coefficient (Wildman–Crippen LogP) is 3.55. The molecule has 0 radical (unpaired) electrons. The number of amides is 2. The van der Waals surface area contributed by atoms with E-state index in [9.17, 15) is 9.59 Å². The Balaban J connectivity index is 1.45. The second kappa shape index (κ2) is 9.50. The lowest BCUT2D eigenvalue weighted by atomic mass is 9.99. The van der Waals surface area contributed by atoms with E-state index < -0.39 is 11.4 Å². The van der Waals surface area contributed by atoms with Gasteiger partial charge in [0.2, 0.25) is 11.7 Å². The van der Waals surface area contributed by atoms with Crippen LogP contribution in [0.2, 0.25) is 0 Å². The minimum atomic E-state index is -1.32. The Hall–Kier alpha value is -4.11. The maximum Gasteiger partial charge on any atom is 0.294 e. The molecule has 9 heteroatoms. The second-order valence-electron chi connectivity index (χ2n) is 8.81. The van der Waals surface area contributed by atoms with Crippen LogP contribution in [0.5, 0.6) is 11.5 Å². The number of hydrogen-bond acceptors (Lipinski definition) is 7. The summed E-state index contributed by atoms with van der Waals surface area (Å²) in [6, 6.07) is 14.8. The number of benzene rings is 2. The Kier molecular flexibility index (Phi) is 6.24. The van der Waals surface area contributed by atoms with Crippen LogP contribution in [-0.4, -0.2) is 61.2 Å². The highest BCUT2D eigenvalue weighted by atomic mass is 16.5. The topological polar surface area (TPSA) is 103 Å². The molecule has 2 aromatic carbocycles. The number of rotatable bonds is 7. The van der Waals surface area contributed by atoms with E-state index in [1.807, 2.05) is 42.5 Å². The van der Waals surface area contributed by atoms with E-state index in [0.29, 0.717) is 22.5 Å². The summed E-state index contributed by atoms with van der Waals surface area (Å²) in [6.45, 7) is 2.24. The zero-order chi connectivity index (χ0) is 25.3. The third-order valence-electron chi connectivity index (χ3n) is 6.54. The van der Waals surface area contributed by atoms with Gasteiger partial charge in [-0.25, -0.2) is 0 Å². The fourth-order valence-electron chi connectivity index (χ4n) is 4.50. The smallest absolute Gasteiger partial charge is 0.294 e. The molecule has 1 atom stereocenters. The third-order valence-corrected chi connectivity index (χ3v) is 6.54. The fourth-order valence-corrected chi connectivity index (χ4v) is 4.50. The highest BCUT2D eigenvalue weighted by Crippen LogP contribution is 2.38. The quantitative estimate of drug-likeness (QED) is 0.424. The summed E-state index contributed by atoms with van der Waals surface area (Å²) >= 11 is 0. The van der Waals surface area contributed by atoms with Gasteiger partial charge in [-0.1, -0.05) is 18.2 Å². The molecule has 1 aliphatic heterocycles. The number of furan rings is 1. The highest BCUT2D eigenvalue weighted by Gasteiger charge is 2.47. The van der Waals surface area contributed by atoms with Crippen LogP contribution in [0, 0.1) is 0 Å². The molecule has 0 bridgehead atoms. The zero-order valence-electron chi connectivity index (χ0n) is 20.4. The van der Waals surface area contributed by atoms with Crippen molar-refractivity contribution in [1.29, 1.82) is 0 Å². The number of aromatic nitrogens is 1. The normalized spacial score (nSPS) is 17.5. The molecule has 2 amide bonds. The van der Waals surface area contributed by atoms with Crippen molar-refractivity contribution < 1.29 is 28.2 Å². The lowest BCUT2D eigenvalue weighted by molar-refractivity contribution is -0.133. The summed E-state index contributed by atoms with van der Waals surface area (Å²) < 4.78 is 22.7. The van der Waals surface area contributed by atoms with Crippen molar-refractivity contribution in [3.8, 4) is 11.5 Å². The Morgan fingerprint density at radius 1 is 1.19 bits per heavy atom. The molecule has 186 valence electrons. The molecule has 9 nitrogen and oxygen atoms in total. The predicted molar refractivity (Wildman–Crippen MR) is 133 cm³/mol. The van der Waals surface area contributed by atoms with Gasteiger partial charge < -0.3 is 28.8 Å². The number of pyridine rings is 1. The zero-order valence-corrected chi connectivity index (χ0v) is 20.4. The van der Waals surface area contributed by atoms with Gasteiger partial charge in [-0.05, 0) is 37.3 Å². The molecule has 0 spiro atoms. The maximum absolute atomic E-state index is 13.7. The van der Waals surface area contributed by atoms with Gasteiger partial charge in [0.1, 0.15) is 17.9 Å². The average Bonchev–Trinajstić information content (AvgIpc) is 3.24.